The monoisotopic (exact) mass is 240 g/mol. The molecule has 0 spiro atoms. The second-order valence-electron chi connectivity index (χ2n) is 5.91. The molecule has 0 aromatic heterocycles. The maximum atomic E-state index is 3.69. The first-order chi connectivity index (χ1) is 8.16. The second-order valence-corrected chi connectivity index (χ2v) is 5.91. The van der Waals surface area contributed by atoms with E-state index in [1.54, 1.807) is 0 Å². The van der Waals surface area contributed by atoms with Crippen molar-refractivity contribution in [3.05, 3.63) is 0 Å². The number of nitrogens with one attached hydrogen (secondary N) is 2. The first kappa shape index (κ1) is 13.3. The molecule has 2 aliphatic heterocycles. The molecule has 0 aromatic carbocycles. The third kappa shape index (κ3) is 3.65. The molecule has 4 heteroatoms. The predicted octanol–water partition coefficient (Wildman–Crippen LogP) is -0.180. The molecule has 0 radical (unpaired) electrons. The van der Waals surface area contributed by atoms with E-state index in [2.05, 4.69) is 41.3 Å². The van der Waals surface area contributed by atoms with Gasteiger partial charge in [-0.05, 0) is 13.0 Å². The van der Waals surface area contributed by atoms with Crippen molar-refractivity contribution in [3.63, 3.8) is 0 Å². The van der Waals surface area contributed by atoms with Gasteiger partial charge in [0, 0.05) is 57.9 Å². The molecule has 0 aliphatic carbocycles. The minimum absolute atomic E-state index is 0.698. The van der Waals surface area contributed by atoms with Crippen LogP contribution in [0.4, 0.5) is 0 Å². The fourth-order valence-corrected chi connectivity index (χ4v) is 2.66. The summed E-state index contributed by atoms with van der Waals surface area (Å²) in [6.07, 6.45) is 0. The summed E-state index contributed by atoms with van der Waals surface area (Å²) in [7, 11) is 2.22. The molecule has 2 N–H and O–H groups in total. The summed E-state index contributed by atoms with van der Waals surface area (Å²) in [6.45, 7) is 13.0. The van der Waals surface area contributed by atoms with Crippen LogP contribution in [0.15, 0.2) is 0 Å². The molecule has 1 atom stereocenters. The molecule has 2 fully saturated rings. The molecule has 2 heterocycles. The molecule has 4 nitrogen and oxygen atoms in total. The summed E-state index contributed by atoms with van der Waals surface area (Å²) in [4.78, 5) is 5.10. The van der Waals surface area contributed by atoms with E-state index in [-0.39, 0.29) is 0 Å². The maximum Gasteiger partial charge on any atom is 0.0318 e. The van der Waals surface area contributed by atoms with Gasteiger partial charge >= 0.3 is 0 Å². The number of piperazine rings is 1. The lowest BCUT2D eigenvalue weighted by molar-refractivity contribution is 0.0846. The molecule has 0 amide bonds. The van der Waals surface area contributed by atoms with Gasteiger partial charge in [-0.25, -0.2) is 0 Å². The average Bonchev–Trinajstić information content (AvgIpc) is 2.23. The van der Waals surface area contributed by atoms with E-state index in [0.717, 1.165) is 25.6 Å². The lowest BCUT2D eigenvalue weighted by Crippen LogP contribution is -2.60. The van der Waals surface area contributed by atoms with Gasteiger partial charge in [0.1, 0.15) is 0 Å². The van der Waals surface area contributed by atoms with Crippen LogP contribution in [0.3, 0.4) is 0 Å². The highest BCUT2D eigenvalue weighted by Crippen LogP contribution is 2.13. The van der Waals surface area contributed by atoms with Crippen molar-refractivity contribution in [3.8, 4) is 0 Å². The Morgan fingerprint density at radius 1 is 1.18 bits per heavy atom. The van der Waals surface area contributed by atoms with Crippen molar-refractivity contribution in [2.24, 2.45) is 5.92 Å². The molecule has 2 rings (SSSR count). The number of rotatable bonds is 5. The summed E-state index contributed by atoms with van der Waals surface area (Å²) in [5.41, 5.74) is 0. The maximum absolute atomic E-state index is 3.69. The molecule has 1 unspecified atom stereocenters. The van der Waals surface area contributed by atoms with E-state index >= 15 is 0 Å². The Balaban J connectivity index is 1.78. The normalized spacial score (nSPS) is 26.1. The van der Waals surface area contributed by atoms with Crippen LogP contribution in [0.25, 0.3) is 0 Å². The predicted molar refractivity (Wildman–Crippen MR) is 72.4 cm³/mol. The SMILES string of the molecule is CC(C)C(CNC1CNC1)N1CCN(C)CC1. The van der Waals surface area contributed by atoms with Crippen molar-refractivity contribution in [1.29, 1.82) is 0 Å². The van der Waals surface area contributed by atoms with E-state index in [1.807, 2.05) is 0 Å². The van der Waals surface area contributed by atoms with Crippen molar-refractivity contribution in [2.75, 3.05) is 52.9 Å². The Bertz CT molecular complexity index is 219. The van der Waals surface area contributed by atoms with Crippen LogP contribution in [-0.4, -0.2) is 74.7 Å². The van der Waals surface area contributed by atoms with Gasteiger partial charge in [-0.2, -0.15) is 0 Å². The molecule has 17 heavy (non-hydrogen) atoms. The van der Waals surface area contributed by atoms with Gasteiger partial charge in [0.15, 0.2) is 0 Å². The highest BCUT2D eigenvalue weighted by atomic mass is 15.3. The Labute approximate surface area is 106 Å². The van der Waals surface area contributed by atoms with Crippen LogP contribution in [0.5, 0.6) is 0 Å². The molecule has 0 saturated carbocycles. The zero-order valence-corrected chi connectivity index (χ0v) is 11.6. The number of hydrogen-bond donors (Lipinski definition) is 2. The van der Waals surface area contributed by atoms with Crippen molar-refractivity contribution < 1.29 is 0 Å². The average molecular weight is 240 g/mol. The largest absolute Gasteiger partial charge is 0.314 e. The summed E-state index contributed by atoms with van der Waals surface area (Å²) in [6, 6.07) is 1.41. The third-order valence-corrected chi connectivity index (χ3v) is 4.17. The first-order valence-corrected chi connectivity index (χ1v) is 7.03. The van der Waals surface area contributed by atoms with Gasteiger partial charge in [-0.15, -0.1) is 0 Å². The Hall–Kier alpha value is -0.160. The zero-order chi connectivity index (χ0) is 12.3. The lowest BCUT2D eigenvalue weighted by atomic mass is 10.0. The zero-order valence-electron chi connectivity index (χ0n) is 11.6. The van der Waals surface area contributed by atoms with Crippen LogP contribution >= 0.6 is 0 Å². The molecule has 2 saturated heterocycles. The van der Waals surface area contributed by atoms with Crippen LogP contribution in [-0.2, 0) is 0 Å². The fraction of sp³-hybridized carbons (Fsp3) is 1.00. The smallest absolute Gasteiger partial charge is 0.0318 e. The topological polar surface area (TPSA) is 30.5 Å². The van der Waals surface area contributed by atoms with Crippen LogP contribution in [0, 0.1) is 5.92 Å². The highest BCUT2D eigenvalue weighted by molar-refractivity contribution is 4.86. The summed E-state index contributed by atoms with van der Waals surface area (Å²) < 4.78 is 0. The van der Waals surface area contributed by atoms with Crippen LogP contribution in [0.2, 0.25) is 0 Å². The quantitative estimate of drug-likeness (QED) is 0.698. The van der Waals surface area contributed by atoms with E-state index in [0.29, 0.717) is 12.1 Å². The van der Waals surface area contributed by atoms with Crippen LogP contribution in [0.1, 0.15) is 13.8 Å². The van der Waals surface area contributed by atoms with Gasteiger partial charge in [0.25, 0.3) is 0 Å². The summed E-state index contributed by atoms with van der Waals surface area (Å²) in [5, 5.41) is 7.01. The number of nitrogens with zero attached hydrogens (tertiary/aromatic N) is 2. The van der Waals surface area contributed by atoms with Crippen molar-refractivity contribution >= 4 is 0 Å². The van der Waals surface area contributed by atoms with Crippen LogP contribution < -0.4 is 10.6 Å². The van der Waals surface area contributed by atoms with Gasteiger partial charge in [-0.3, -0.25) is 4.90 Å². The number of likely N-dealkylation sites (N-methyl/N-ethyl adjacent to an activating group) is 1. The van der Waals surface area contributed by atoms with Gasteiger partial charge in [-0.1, -0.05) is 13.8 Å². The van der Waals surface area contributed by atoms with E-state index in [4.69, 9.17) is 0 Å². The Morgan fingerprint density at radius 2 is 1.82 bits per heavy atom. The fourth-order valence-electron chi connectivity index (χ4n) is 2.66. The van der Waals surface area contributed by atoms with Crippen molar-refractivity contribution in [2.45, 2.75) is 25.9 Å². The Morgan fingerprint density at radius 3 is 2.29 bits per heavy atom. The third-order valence-electron chi connectivity index (χ3n) is 4.17. The van der Waals surface area contributed by atoms with E-state index < -0.39 is 0 Å². The molecule has 100 valence electrons. The first-order valence-electron chi connectivity index (χ1n) is 7.03. The molecule has 0 aromatic rings. The van der Waals surface area contributed by atoms with E-state index in [1.165, 1.54) is 26.2 Å². The van der Waals surface area contributed by atoms with Gasteiger partial charge in [0.05, 0.1) is 0 Å². The minimum atomic E-state index is 0.698. The molecular formula is C13H28N4. The highest BCUT2D eigenvalue weighted by Gasteiger charge is 2.26. The van der Waals surface area contributed by atoms with Gasteiger partial charge in [0.2, 0.25) is 0 Å². The Kier molecular flexibility index (Phi) is 4.79. The second kappa shape index (κ2) is 6.14. The van der Waals surface area contributed by atoms with Crippen molar-refractivity contribution in [1.82, 2.24) is 20.4 Å². The summed E-state index contributed by atoms with van der Waals surface area (Å²) >= 11 is 0. The molecule has 2 aliphatic rings. The standard InChI is InChI=1S/C13H28N4/c1-11(2)13(10-15-12-8-14-9-12)17-6-4-16(3)5-7-17/h11-15H,4-10H2,1-3H3. The lowest BCUT2D eigenvalue weighted by Gasteiger charge is -2.41. The number of hydrogen-bond acceptors (Lipinski definition) is 4. The molecule has 0 bridgehead atoms. The van der Waals surface area contributed by atoms with E-state index in [9.17, 15) is 0 Å². The van der Waals surface area contributed by atoms with Gasteiger partial charge < -0.3 is 15.5 Å². The molecular weight excluding hydrogens is 212 g/mol. The minimum Gasteiger partial charge on any atom is -0.314 e. The summed E-state index contributed by atoms with van der Waals surface area (Å²) in [5.74, 6) is 0.735.